The number of amides is 1. The zero-order chi connectivity index (χ0) is 18.8. The molecule has 1 aromatic heterocycles. The predicted molar refractivity (Wildman–Crippen MR) is 103 cm³/mol. The minimum absolute atomic E-state index is 0.112. The molecule has 0 bridgehead atoms. The van der Waals surface area contributed by atoms with Crippen LogP contribution in [0.3, 0.4) is 0 Å². The first-order chi connectivity index (χ1) is 13.2. The van der Waals surface area contributed by atoms with Crippen LogP contribution in [0.4, 0.5) is 10.7 Å². The number of fused-ring (bicyclic) bond motifs is 2. The summed E-state index contributed by atoms with van der Waals surface area (Å²) >= 11 is 0. The van der Waals surface area contributed by atoms with Crippen LogP contribution in [0.15, 0.2) is 63.8 Å². The zero-order valence-corrected chi connectivity index (χ0v) is 15.1. The highest BCUT2D eigenvalue weighted by atomic mass is 16.6. The summed E-state index contributed by atoms with van der Waals surface area (Å²) in [5.74, 6) is 0.279. The Labute approximate surface area is 156 Å². The fraction of sp³-hybridized carbons (Fsp3) is 0.238. The first-order valence-electron chi connectivity index (χ1n) is 8.92. The van der Waals surface area contributed by atoms with E-state index in [0.29, 0.717) is 36.3 Å². The summed E-state index contributed by atoms with van der Waals surface area (Å²) in [5, 5.41) is 0.515. The summed E-state index contributed by atoms with van der Waals surface area (Å²) in [6.07, 6.45) is -0.519. The Morgan fingerprint density at radius 2 is 1.85 bits per heavy atom. The second kappa shape index (κ2) is 7.25. The molecule has 0 saturated carbocycles. The first kappa shape index (κ1) is 17.3. The monoisotopic (exact) mass is 364 g/mol. The van der Waals surface area contributed by atoms with Crippen LogP contribution < -0.4 is 10.3 Å². The number of ether oxygens (including phenoxy) is 1. The van der Waals surface area contributed by atoms with Crippen molar-refractivity contribution in [2.45, 2.75) is 20.0 Å². The number of rotatable bonds is 3. The maximum Gasteiger partial charge on any atom is 0.417 e. The Morgan fingerprint density at radius 1 is 1.11 bits per heavy atom. The van der Waals surface area contributed by atoms with E-state index >= 15 is 0 Å². The molecule has 0 radical (unpaired) electrons. The molecule has 4 rings (SSSR count). The molecule has 1 aliphatic heterocycles. The van der Waals surface area contributed by atoms with Gasteiger partial charge in [-0.15, -0.1) is 0 Å². The van der Waals surface area contributed by atoms with Crippen molar-refractivity contribution in [2.24, 2.45) is 0 Å². The summed E-state index contributed by atoms with van der Waals surface area (Å²) in [7, 11) is 0. The third-order valence-corrected chi connectivity index (χ3v) is 4.58. The smallest absolute Gasteiger partial charge is 0.417 e. The molecule has 0 spiro atoms. The number of benzene rings is 2. The summed E-state index contributed by atoms with van der Waals surface area (Å²) in [5.41, 5.74) is 1.94. The van der Waals surface area contributed by atoms with E-state index in [1.54, 1.807) is 31.2 Å². The number of nitrogens with zero attached hydrogens (tertiary/aromatic N) is 2. The van der Waals surface area contributed by atoms with Gasteiger partial charge in [0.1, 0.15) is 5.58 Å². The average molecular weight is 364 g/mol. The lowest BCUT2D eigenvalue weighted by atomic mass is 10.1. The molecule has 6 nitrogen and oxygen atoms in total. The molecule has 0 unspecified atom stereocenters. The third kappa shape index (κ3) is 3.31. The van der Waals surface area contributed by atoms with E-state index in [9.17, 15) is 9.59 Å². The fourth-order valence-corrected chi connectivity index (χ4v) is 3.35. The molecule has 27 heavy (non-hydrogen) atoms. The Morgan fingerprint density at radius 3 is 2.63 bits per heavy atom. The lowest BCUT2D eigenvalue weighted by Gasteiger charge is -2.34. The standard InChI is InChI=1S/C21H20N2O4/c1-2-26-21(25)23-14-22(12-15-8-4-3-5-9-15)13-17-19(24)16-10-6-7-11-18(16)27-20(17)23/h3-11H,2,12-14H2,1H3. The number of para-hydroxylation sites is 1. The Balaban J connectivity index is 1.78. The Hall–Kier alpha value is -3.12. The third-order valence-electron chi connectivity index (χ3n) is 4.58. The predicted octanol–water partition coefficient (Wildman–Crippen LogP) is 3.73. The van der Waals surface area contributed by atoms with E-state index in [2.05, 4.69) is 0 Å². The molecule has 2 heterocycles. The minimum atomic E-state index is -0.519. The van der Waals surface area contributed by atoms with Crippen LogP contribution in [-0.2, 0) is 17.8 Å². The fourth-order valence-electron chi connectivity index (χ4n) is 3.35. The van der Waals surface area contributed by atoms with Crippen molar-refractivity contribution < 1.29 is 13.9 Å². The van der Waals surface area contributed by atoms with Crippen molar-refractivity contribution in [2.75, 3.05) is 18.2 Å². The molecule has 0 N–H and O–H groups in total. The van der Waals surface area contributed by atoms with Crippen molar-refractivity contribution in [3.8, 4) is 0 Å². The van der Waals surface area contributed by atoms with Gasteiger partial charge >= 0.3 is 6.09 Å². The number of anilines is 1. The van der Waals surface area contributed by atoms with Gasteiger partial charge in [0, 0.05) is 13.1 Å². The molecule has 0 fully saturated rings. The minimum Gasteiger partial charge on any atom is -0.449 e. The van der Waals surface area contributed by atoms with Crippen LogP contribution in [0.25, 0.3) is 11.0 Å². The quantitative estimate of drug-likeness (QED) is 0.709. The molecule has 2 aromatic carbocycles. The van der Waals surface area contributed by atoms with Gasteiger partial charge in [0.15, 0.2) is 5.43 Å². The van der Waals surface area contributed by atoms with Gasteiger partial charge in [-0.3, -0.25) is 9.69 Å². The number of hydrogen-bond donors (Lipinski definition) is 0. The van der Waals surface area contributed by atoms with Crippen molar-refractivity contribution >= 4 is 22.9 Å². The topological polar surface area (TPSA) is 63.0 Å². The van der Waals surface area contributed by atoms with Gasteiger partial charge in [-0.25, -0.2) is 9.69 Å². The van der Waals surface area contributed by atoms with Crippen LogP contribution >= 0.6 is 0 Å². The largest absolute Gasteiger partial charge is 0.449 e. The molecule has 3 aromatic rings. The number of hydrogen-bond acceptors (Lipinski definition) is 5. The maximum atomic E-state index is 13.0. The zero-order valence-electron chi connectivity index (χ0n) is 15.1. The molecular weight excluding hydrogens is 344 g/mol. The van der Waals surface area contributed by atoms with Crippen LogP contribution in [0, 0.1) is 0 Å². The van der Waals surface area contributed by atoms with Gasteiger partial charge in [-0.2, -0.15) is 0 Å². The molecule has 0 atom stereocenters. The van der Waals surface area contributed by atoms with Gasteiger partial charge in [-0.1, -0.05) is 42.5 Å². The van der Waals surface area contributed by atoms with Crippen LogP contribution in [0.5, 0.6) is 0 Å². The van der Waals surface area contributed by atoms with E-state index in [4.69, 9.17) is 9.15 Å². The maximum absolute atomic E-state index is 13.0. The van der Waals surface area contributed by atoms with Gasteiger partial charge in [0.2, 0.25) is 5.88 Å². The summed E-state index contributed by atoms with van der Waals surface area (Å²) in [6, 6.07) is 17.0. The molecule has 0 aliphatic carbocycles. The molecule has 138 valence electrons. The van der Waals surface area contributed by atoms with Crippen molar-refractivity contribution in [3.05, 3.63) is 75.9 Å². The van der Waals surface area contributed by atoms with E-state index in [0.717, 1.165) is 5.56 Å². The summed E-state index contributed by atoms with van der Waals surface area (Å²) < 4.78 is 11.1. The van der Waals surface area contributed by atoms with Gasteiger partial charge < -0.3 is 9.15 Å². The van der Waals surface area contributed by atoms with Crippen LogP contribution in [-0.4, -0.2) is 24.3 Å². The molecule has 1 aliphatic rings. The van der Waals surface area contributed by atoms with E-state index in [-0.39, 0.29) is 17.9 Å². The van der Waals surface area contributed by atoms with Crippen molar-refractivity contribution in [3.63, 3.8) is 0 Å². The summed E-state index contributed by atoms with van der Waals surface area (Å²) in [6.45, 7) is 3.32. The Bertz CT molecular complexity index is 1030. The van der Waals surface area contributed by atoms with Crippen molar-refractivity contribution in [1.29, 1.82) is 0 Å². The lowest BCUT2D eigenvalue weighted by molar-refractivity contribution is 0.145. The van der Waals surface area contributed by atoms with Crippen LogP contribution in [0.2, 0.25) is 0 Å². The highest BCUT2D eigenvalue weighted by molar-refractivity contribution is 5.89. The molecule has 6 heteroatoms. The van der Waals surface area contributed by atoms with Crippen LogP contribution in [0.1, 0.15) is 18.1 Å². The van der Waals surface area contributed by atoms with Gasteiger partial charge in [0.25, 0.3) is 0 Å². The van der Waals surface area contributed by atoms with E-state index < -0.39 is 6.09 Å². The molecule has 1 amide bonds. The SMILES string of the molecule is CCOC(=O)N1CN(Cc2ccccc2)Cc2c1oc1ccccc1c2=O. The molecule has 0 saturated heterocycles. The number of carbonyl (C=O) groups excluding carboxylic acids is 1. The van der Waals surface area contributed by atoms with Gasteiger partial charge in [-0.05, 0) is 24.6 Å². The first-order valence-corrected chi connectivity index (χ1v) is 8.92. The lowest BCUT2D eigenvalue weighted by Crippen LogP contribution is -2.47. The Kier molecular flexibility index (Phi) is 4.64. The average Bonchev–Trinajstić information content (AvgIpc) is 2.69. The van der Waals surface area contributed by atoms with E-state index in [1.807, 2.05) is 35.2 Å². The van der Waals surface area contributed by atoms with Crippen molar-refractivity contribution in [1.82, 2.24) is 4.90 Å². The summed E-state index contributed by atoms with van der Waals surface area (Å²) in [4.78, 5) is 29.0. The highest BCUT2D eigenvalue weighted by Gasteiger charge is 2.32. The second-order valence-electron chi connectivity index (χ2n) is 6.45. The highest BCUT2D eigenvalue weighted by Crippen LogP contribution is 2.30. The van der Waals surface area contributed by atoms with Gasteiger partial charge in [0.05, 0.1) is 24.2 Å². The molecular formula is C21H20N2O4. The normalized spacial score (nSPS) is 14.2. The van der Waals surface area contributed by atoms with E-state index in [1.165, 1.54) is 4.90 Å². The second-order valence-corrected chi connectivity index (χ2v) is 6.45. The number of carbonyl (C=O) groups is 1.